The van der Waals surface area contributed by atoms with E-state index in [9.17, 15) is 39.3 Å². The van der Waals surface area contributed by atoms with Crippen molar-refractivity contribution in [1.29, 1.82) is 0 Å². The molecule has 0 fully saturated rings. The number of ketones is 1. The van der Waals surface area contributed by atoms with Crippen LogP contribution in [0.1, 0.15) is 82.5 Å². The van der Waals surface area contributed by atoms with Crippen molar-refractivity contribution in [2.24, 2.45) is 0 Å². The third-order valence-corrected chi connectivity index (χ3v) is 11.6. The first-order valence-corrected chi connectivity index (χ1v) is 18.9. The zero-order valence-corrected chi connectivity index (χ0v) is 35.7. The van der Waals surface area contributed by atoms with E-state index in [-0.39, 0.29) is 60.9 Å². The Labute approximate surface area is 347 Å². The van der Waals surface area contributed by atoms with Crippen LogP contribution in [0.2, 0.25) is 5.02 Å². The van der Waals surface area contributed by atoms with Crippen molar-refractivity contribution in [3.63, 3.8) is 0 Å². The second kappa shape index (κ2) is 16.2. The highest BCUT2D eigenvalue weighted by atomic mass is 79.9. The SMILES string of the molecule is COC1=CC(=O)C=C(C)[C@]1(O)C(=O)Oc1c(C)c(C)c(C(=O)Oc2cc(C)c(C(=O)Oc3c(C)c(C)c(C(=O)O)c(C)c3-c3ccc(Cl)cc3)c(C)c2C)c(O)c1Br. The molecule has 5 rings (SSSR count). The summed E-state index contributed by atoms with van der Waals surface area (Å²) in [5.74, 6) is -5.42. The molecule has 0 aromatic heterocycles. The standard InChI is InChI=1S/C44H40BrClO12/c1-18-15-30(56-42(52)35-23(6)25(8)39(36(45)37(35)48)58-43(53)44(54)19(2)16-29(47)17-31(44)55-10)20(3)21(4)32(18)41(51)57-38-24(7)22(5)33(40(49)50)26(9)34(38)27-11-13-28(46)14-12-27/h11-17,48,54H,1-10H3,(H,49,50)/t44-/m1/s1. The van der Waals surface area contributed by atoms with Crippen molar-refractivity contribution in [3.8, 4) is 34.1 Å². The Bertz CT molecular complexity index is 2520. The summed E-state index contributed by atoms with van der Waals surface area (Å²) in [6.45, 7) is 14.3. The molecule has 12 nitrogen and oxygen atoms in total. The number of hydrogen-bond donors (Lipinski definition) is 3. The second-order valence-electron chi connectivity index (χ2n) is 14.0. The molecule has 4 aromatic carbocycles. The number of aryl methyl sites for hydroxylation is 1. The average molecular weight is 876 g/mol. The number of ether oxygens (including phenoxy) is 4. The van der Waals surface area contributed by atoms with Gasteiger partial charge in [0, 0.05) is 16.7 Å². The summed E-state index contributed by atoms with van der Waals surface area (Å²) in [5, 5.41) is 33.1. The summed E-state index contributed by atoms with van der Waals surface area (Å²) in [4.78, 5) is 65.6. The molecule has 0 heterocycles. The van der Waals surface area contributed by atoms with Gasteiger partial charge in [-0.05, 0) is 158 Å². The van der Waals surface area contributed by atoms with E-state index in [0.29, 0.717) is 49.5 Å². The lowest BCUT2D eigenvalue weighted by Gasteiger charge is -2.30. The molecule has 0 saturated carbocycles. The smallest absolute Gasteiger partial charge is 0.356 e. The molecule has 4 aromatic rings. The predicted molar refractivity (Wildman–Crippen MR) is 218 cm³/mol. The summed E-state index contributed by atoms with van der Waals surface area (Å²) >= 11 is 9.36. The van der Waals surface area contributed by atoms with Gasteiger partial charge in [-0.25, -0.2) is 19.2 Å². The Morgan fingerprint density at radius 1 is 0.707 bits per heavy atom. The monoisotopic (exact) mass is 874 g/mol. The number of benzene rings is 4. The Hall–Kier alpha value is -5.76. The number of aromatic hydroxyl groups is 1. The van der Waals surface area contributed by atoms with E-state index >= 15 is 0 Å². The maximum Gasteiger partial charge on any atom is 0.356 e. The summed E-state index contributed by atoms with van der Waals surface area (Å²) in [6, 6.07) is 8.23. The minimum absolute atomic E-state index is 0.0469. The number of phenols is 1. The number of halogens is 2. The summed E-state index contributed by atoms with van der Waals surface area (Å²) in [5.41, 5.74) is 1.54. The zero-order valence-electron chi connectivity index (χ0n) is 33.3. The van der Waals surface area contributed by atoms with Gasteiger partial charge in [-0.3, -0.25) is 4.79 Å². The van der Waals surface area contributed by atoms with Crippen LogP contribution < -0.4 is 14.2 Å². The largest absolute Gasteiger partial charge is 0.506 e. The van der Waals surface area contributed by atoms with E-state index in [1.54, 1.807) is 65.8 Å². The Kier molecular flexibility index (Phi) is 12.1. The van der Waals surface area contributed by atoms with Crippen molar-refractivity contribution in [1.82, 2.24) is 0 Å². The van der Waals surface area contributed by atoms with E-state index in [4.69, 9.17) is 30.5 Å². The number of phenolic OH excluding ortho intramolecular Hbond substituents is 1. The number of rotatable bonds is 9. The van der Waals surface area contributed by atoms with Crippen LogP contribution in [-0.2, 0) is 14.3 Å². The molecule has 0 radical (unpaired) electrons. The van der Waals surface area contributed by atoms with Gasteiger partial charge in [-0.15, -0.1) is 0 Å². The van der Waals surface area contributed by atoms with Gasteiger partial charge in [-0.2, -0.15) is 0 Å². The Balaban J connectivity index is 1.48. The number of hydrogen-bond acceptors (Lipinski definition) is 11. The third kappa shape index (κ3) is 7.41. The van der Waals surface area contributed by atoms with Crippen LogP contribution in [0, 0.1) is 55.4 Å². The van der Waals surface area contributed by atoms with Gasteiger partial charge in [0.1, 0.15) is 33.0 Å². The number of methoxy groups -OCH3 is 1. The fraction of sp³-hybridized carbons (Fsp3) is 0.250. The third-order valence-electron chi connectivity index (χ3n) is 10.6. The maximum atomic E-state index is 14.1. The van der Waals surface area contributed by atoms with Crippen molar-refractivity contribution in [2.45, 2.75) is 67.9 Å². The summed E-state index contributed by atoms with van der Waals surface area (Å²) in [7, 11) is 1.18. The molecule has 302 valence electrons. The number of allylic oxidation sites excluding steroid dienone is 2. The van der Waals surface area contributed by atoms with Crippen LogP contribution >= 0.6 is 27.5 Å². The van der Waals surface area contributed by atoms with E-state index in [1.807, 2.05) is 0 Å². The fourth-order valence-corrected chi connectivity index (χ4v) is 7.71. The first-order chi connectivity index (χ1) is 27.1. The number of carbonyl (C=O) groups is 5. The molecule has 0 bridgehead atoms. The second-order valence-corrected chi connectivity index (χ2v) is 15.3. The minimum Gasteiger partial charge on any atom is -0.506 e. The number of carbonyl (C=O) groups excluding carboxylic acids is 4. The van der Waals surface area contributed by atoms with Crippen LogP contribution in [-0.4, -0.2) is 57.7 Å². The highest BCUT2D eigenvalue weighted by Gasteiger charge is 2.48. The molecule has 0 saturated heterocycles. The van der Waals surface area contributed by atoms with Crippen LogP contribution in [0.4, 0.5) is 0 Å². The molecule has 1 aliphatic carbocycles. The minimum atomic E-state index is -2.44. The summed E-state index contributed by atoms with van der Waals surface area (Å²) < 4.78 is 22.5. The van der Waals surface area contributed by atoms with Crippen molar-refractivity contribution in [3.05, 3.63) is 125 Å². The van der Waals surface area contributed by atoms with Gasteiger partial charge in [0.05, 0.1) is 18.2 Å². The Morgan fingerprint density at radius 2 is 1.26 bits per heavy atom. The predicted octanol–water partition coefficient (Wildman–Crippen LogP) is 8.77. The molecular formula is C44H40BrClO12. The topological polar surface area (TPSA) is 183 Å². The van der Waals surface area contributed by atoms with Gasteiger partial charge in [0.25, 0.3) is 0 Å². The van der Waals surface area contributed by atoms with Gasteiger partial charge in [0.2, 0.25) is 5.60 Å². The molecule has 0 aliphatic heterocycles. The number of aliphatic hydroxyl groups is 1. The molecule has 1 aliphatic rings. The fourth-order valence-electron chi connectivity index (χ4n) is 7.00. The Morgan fingerprint density at radius 3 is 1.84 bits per heavy atom. The molecule has 0 amide bonds. The van der Waals surface area contributed by atoms with Crippen LogP contribution in [0.15, 0.2) is 58.3 Å². The molecular weight excluding hydrogens is 836 g/mol. The van der Waals surface area contributed by atoms with Crippen molar-refractivity contribution >= 4 is 57.2 Å². The zero-order chi connectivity index (χ0) is 43.3. The number of carboxylic acid groups (broad SMARTS) is 1. The maximum absolute atomic E-state index is 14.1. The molecule has 14 heteroatoms. The lowest BCUT2D eigenvalue weighted by molar-refractivity contribution is -0.151. The van der Waals surface area contributed by atoms with Gasteiger partial charge in [0.15, 0.2) is 11.5 Å². The highest BCUT2D eigenvalue weighted by molar-refractivity contribution is 9.10. The van der Waals surface area contributed by atoms with Gasteiger partial charge < -0.3 is 34.3 Å². The lowest BCUT2D eigenvalue weighted by Crippen LogP contribution is -2.47. The van der Waals surface area contributed by atoms with E-state index in [0.717, 1.165) is 12.2 Å². The van der Waals surface area contributed by atoms with Gasteiger partial charge >= 0.3 is 23.9 Å². The van der Waals surface area contributed by atoms with Crippen LogP contribution in [0.5, 0.6) is 23.0 Å². The number of aromatic carboxylic acids is 1. The van der Waals surface area contributed by atoms with Crippen molar-refractivity contribution < 1.29 is 58.2 Å². The molecule has 0 unspecified atom stereocenters. The molecule has 1 atom stereocenters. The molecule has 0 spiro atoms. The van der Waals surface area contributed by atoms with Crippen LogP contribution in [0.25, 0.3) is 11.1 Å². The number of carboxylic acids is 1. The van der Waals surface area contributed by atoms with E-state index < -0.39 is 41.0 Å². The van der Waals surface area contributed by atoms with E-state index in [2.05, 4.69) is 15.9 Å². The average Bonchev–Trinajstić information content (AvgIpc) is 3.15. The molecule has 3 N–H and O–H groups in total. The lowest BCUT2D eigenvalue weighted by atomic mass is 9.87. The first kappa shape index (κ1) is 43.4. The first-order valence-electron chi connectivity index (χ1n) is 17.7. The number of esters is 3. The van der Waals surface area contributed by atoms with E-state index in [1.165, 1.54) is 33.9 Å². The molecule has 58 heavy (non-hydrogen) atoms. The quantitative estimate of drug-likeness (QED) is 0.108. The normalized spacial score (nSPS) is 15.0. The van der Waals surface area contributed by atoms with Crippen LogP contribution in [0.3, 0.4) is 0 Å². The summed E-state index contributed by atoms with van der Waals surface area (Å²) in [6.07, 6.45) is 2.03. The highest BCUT2D eigenvalue weighted by Crippen LogP contribution is 2.45. The van der Waals surface area contributed by atoms with Crippen molar-refractivity contribution in [2.75, 3.05) is 7.11 Å². The van der Waals surface area contributed by atoms with Gasteiger partial charge in [-0.1, -0.05) is 23.7 Å².